The highest BCUT2D eigenvalue weighted by atomic mass is 32.2. The fourth-order valence-electron chi connectivity index (χ4n) is 2.21. The number of nitrogens with one attached hydrogen (secondary N) is 1. The third-order valence-electron chi connectivity index (χ3n) is 3.66. The molecule has 1 N–H and O–H groups in total. The first-order valence-corrected chi connectivity index (χ1v) is 8.02. The van der Waals surface area contributed by atoms with Crippen molar-refractivity contribution < 1.29 is 12.8 Å². The van der Waals surface area contributed by atoms with Crippen molar-refractivity contribution in [2.75, 3.05) is 33.2 Å². The van der Waals surface area contributed by atoms with Gasteiger partial charge in [0.25, 0.3) is 10.2 Å². The molecule has 0 radical (unpaired) electrons. The van der Waals surface area contributed by atoms with E-state index in [2.05, 4.69) is 5.32 Å². The quantitative estimate of drug-likeness (QED) is 0.901. The number of nitrogens with zero attached hydrogens (tertiary/aromatic N) is 2. The molecule has 5 nitrogen and oxygen atoms in total. The maximum atomic E-state index is 12.9. The third kappa shape index (κ3) is 3.17. The zero-order chi connectivity index (χ0) is 14.8. The van der Waals surface area contributed by atoms with Crippen LogP contribution in [0.3, 0.4) is 0 Å². The average molecular weight is 301 g/mol. The lowest BCUT2D eigenvalue weighted by Crippen LogP contribution is -2.51. The Balaban J connectivity index is 2.16. The van der Waals surface area contributed by atoms with Gasteiger partial charge in [-0.05, 0) is 24.6 Å². The fraction of sp³-hybridized carbons (Fsp3) is 0.538. The lowest BCUT2D eigenvalue weighted by atomic mass is 10.1. The van der Waals surface area contributed by atoms with Crippen LogP contribution >= 0.6 is 0 Å². The predicted molar refractivity (Wildman–Crippen MR) is 75.9 cm³/mol. The summed E-state index contributed by atoms with van der Waals surface area (Å²) < 4.78 is 40.8. The summed E-state index contributed by atoms with van der Waals surface area (Å²) in [6.45, 7) is 4.08. The minimum atomic E-state index is -3.49. The molecule has 7 heteroatoms. The van der Waals surface area contributed by atoms with Crippen LogP contribution in [-0.4, -0.2) is 50.3 Å². The molecule has 1 aromatic rings. The van der Waals surface area contributed by atoms with E-state index in [9.17, 15) is 12.8 Å². The summed E-state index contributed by atoms with van der Waals surface area (Å²) >= 11 is 0. The van der Waals surface area contributed by atoms with Crippen molar-refractivity contribution in [3.05, 3.63) is 35.6 Å². The van der Waals surface area contributed by atoms with E-state index in [1.54, 1.807) is 26.1 Å². The zero-order valence-corrected chi connectivity index (χ0v) is 12.5. The Morgan fingerprint density at radius 2 is 1.80 bits per heavy atom. The molecule has 1 aliphatic heterocycles. The highest BCUT2D eigenvalue weighted by Crippen LogP contribution is 2.23. The van der Waals surface area contributed by atoms with Crippen LogP contribution in [0.1, 0.15) is 18.5 Å². The van der Waals surface area contributed by atoms with E-state index < -0.39 is 10.2 Å². The molecule has 20 heavy (non-hydrogen) atoms. The van der Waals surface area contributed by atoms with Crippen LogP contribution in [-0.2, 0) is 10.2 Å². The van der Waals surface area contributed by atoms with Gasteiger partial charge in [0.15, 0.2) is 0 Å². The minimum absolute atomic E-state index is 0.325. The summed E-state index contributed by atoms with van der Waals surface area (Å²) in [4.78, 5) is 0. The highest BCUT2D eigenvalue weighted by Gasteiger charge is 2.31. The second-order valence-electron chi connectivity index (χ2n) is 4.90. The van der Waals surface area contributed by atoms with Crippen LogP contribution in [0.25, 0.3) is 0 Å². The van der Waals surface area contributed by atoms with Crippen LogP contribution in [0.4, 0.5) is 4.39 Å². The number of halogens is 1. The van der Waals surface area contributed by atoms with Gasteiger partial charge in [-0.2, -0.15) is 17.0 Å². The summed E-state index contributed by atoms with van der Waals surface area (Å²) in [7, 11) is -1.93. The molecule has 112 valence electrons. The van der Waals surface area contributed by atoms with Crippen LogP contribution in [0.2, 0.25) is 0 Å². The van der Waals surface area contributed by atoms with E-state index in [-0.39, 0.29) is 11.9 Å². The maximum Gasteiger partial charge on any atom is 0.282 e. The number of benzene rings is 1. The molecule has 0 aromatic heterocycles. The Morgan fingerprint density at radius 1 is 1.25 bits per heavy atom. The van der Waals surface area contributed by atoms with Gasteiger partial charge in [-0.25, -0.2) is 4.39 Å². The van der Waals surface area contributed by atoms with Gasteiger partial charge in [-0.3, -0.25) is 0 Å². The van der Waals surface area contributed by atoms with Crippen LogP contribution in [0.5, 0.6) is 0 Å². The molecule has 0 amide bonds. The lowest BCUT2D eigenvalue weighted by Gasteiger charge is -2.33. The molecule has 0 saturated carbocycles. The zero-order valence-electron chi connectivity index (χ0n) is 11.7. The Morgan fingerprint density at radius 3 is 2.35 bits per heavy atom. The summed E-state index contributed by atoms with van der Waals surface area (Å²) in [6.07, 6.45) is 0. The topological polar surface area (TPSA) is 52.7 Å². The van der Waals surface area contributed by atoms with E-state index in [4.69, 9.17) is 0 Å². The van der Waals surface area contributed by atoms with Gasteiger partial charge in [0.2, 0.25) is 0 Å². The van der Waals surface area contributed by atoms with Crippen molar-refractivity contribution in [1.29, 1.82) is 0 Å². The average Bonchev–Trinajstić information content (AvgIpc) is 2.47. The van der Waals surface area contributed by atoms with Crippen molar-refractivity contribution in [2.45, 2.75) is 13.0 Å². The Kier molecular flexibility index (Phi) is 4.74. The number of hydrogen-bond acceptors (Lipinski definition) is 3. The van der Waals surface area contributed by atoms with Crippen LogP contribution < -0.4 is 5.32 Å². The Bertz CT molecular complexity index is 541. The number of hydrogen-bond donors (Lipinski definition) is 1. The first-order valence-electron chi connectivity index (χ1n) is 6.62. The maximum absolute atomic E-state index is 12.9. The fourth-order valence-corrected chi connectivity index (χ4v) is 3.74. The highest BCUT2D eigenvalue weighted by molar-refractivity contribution is 7.86. The standard InChI is InChI=1S/C13H20FN3O2S/c1-11(12-3-5-13(14)6-4-12)16(2)20(18,19)17-9-7-15-8-10-17/h3-6,11,15H,7-10H2,1-2H3. The van der Waals surface area contributed by atoms with Crippen molar-refractivity contribution in [3.63, 3.8) is 0 Å². The Labute approximate surface area is 119 Å². The van der Waals surface area contributed by atoms with Gasteiger partial charge >= 0.3 is 0 Å². The molecule has 0 bridgehead atoms. The molecule has 2 rings (SSSR count). The van der Waals surface area contributed by atoms with E-state index >= 15 is 0 Å². The van der Waals surface area contributed by atoms with Crippen molar-refractivity contribution in [3.8, 4) is 0 Å². The molecule has 1 fully saturated rings. The number of piperazine rings is 1. The molecule has 1 aromatic carbocycles. The molecule has 1 heterocycles. The summed E-state index contributed by atoms with van der Waals surface area (Å²) in [6, 6.07) is 5.58. The van der Waals surface area contributed by atoms with Gasteiger partial charge in [0, 0.05) is 39.3 Å². The second kappa shape index (κ2) is 6.17. The second-order valence-corrected chi connectivity index (χ2v) is 6.89. The van der Waals surface area contributed by atoms with Gasteiger partial charge in [-0.1, -0.05) is 12.1 Å². The van der Waals surface area contributed by atoms with Gasteiger partial charge in [0.05, 0.1) is 0 Å². The predicted octanol–water partition coefficient (Wildman–Crippen LogP) is 0.968. The third-order valence-corrected chi connectivity index (χ3v) is 5.73. The molecule has 1 atom stereocenters. The van der Waals surface area contributed by atoms with E-state index in [0.29, 0.717) is 26.2 Å². The summed E-state index contributed by atoms with van der Waals surface area (Å²) in [5.74, 6) is -0.325. The number of rotatable bonds is 4. The van der Waals surface area contributed by atoms with E-state index in [1.807, 2.05) is 0 Å². The molecule has 1 saturated heterocycles. The summed E-state index contributed by atoms with van der Waals surface area (Å²) in [5.41, 5.74) is 0.771. The van der Waals surface area contributed by atoms with Crippen molar-refractivity contribution >= 4 is 10.2 Å². The largest absolute Gasteiger partial charge is 0.314 e. The molecule has 1 aliphatic rings. The van der Waals surface area contributed by atoms with Gasteiger partial charge in [-0.15, -0.1) is 0 Å². The molecular formula is C13H20FN3O2S. The molecule has 0 aliphatic carbocycles. The molecular weight excluding hydrogens is 281 g/mol. The lowest BCUT2D eigenvalue weighted by molar-refractivity contribution is 0.306. The van der Waals surface area contributed by atoms with Gasteiger partial charge < -0.3 is 5.32 Å². The molecule has 0 spiro atoms. The van der Waals surface area contributed by atoms with E-state index in [0.717, 1.165) is 5.56 Å². The normalized spacial score (nSPS) is 19.2. The van der Waals surface area contributed by atoms with E-state index in [1.165, 1.54) is 20.7 Å². The SMILES string of the molecule is CC(c1ccc(F)cc1)N(C)S(=O)(=O)N1CCNCC1. The molecule has 1 unspecified atom stereocenters. The first kappa shape index (κ1) is 15.4. The van der Waals surface area contributed by atoms with Crippen LogP contribution in [0.15, 0.2) is 24.3 Å². The smallest absolute Gasteiger partial charge is 0.282 e. The monoisotopic (exact) mass is 301 g/mol. The van der Waals surface area contributed by atoms with Gasteiger partial charge in [0.1, 0.15) is 5.82 Å². The summed E-state index contributed by atoms with van der Waals surface area (Å²) in [5, 5.41) is 3.13. The Hall–Kier alpha value is -1.02. The van der Waals surface area contributed by atoms with Crippen molar-refractivity contribution in [2.24, 2.45) is 0 Å². The minimum Gasteiger partial charge on any atom is -0.314 e. The first-order chi connectivity index (χ1) is 9.43. The van der Waals surface area contributed by atoms with Crippen molar-refractivity contribution in [1.82, 2.24) is 13.9 Å². The van der Waals surface area contributed by atoms with Crippen LogP contribution in [0, 0.1) is 5.82 Å².